The third-order valence-electron chi connectivity index (χ3n) is 2.85. The van der Waals surface area contributed by atoms with Crippen LogP contribution in [0.2, 0.25) is 0 Å². The number of hydrogen-bond acceptors (Lipinski definition) is 3. The molecule has 1 aliphatic rings. The van der Waals surface area contributed by atoms with Crippen molar-refractivity contribution in [2.75, 3.05) is 0 Å². The van der Waals surface area contributed by atoms with Gasteiger partial charge in [-0.3, -0.25) is 4.89 Å². The van der Waals surface area contributed by atoms with Crippen molar-refractivity contribution in [2.24, 2.45) is 0 Å². The van der Waals surface area contributed by atoms with Crippen LogP contribution in [0.1, 0.15) is 47.2 Å². The van der Waals surface area contributed by atoms with E-state index in [-0.39, 0.29) is 0 Å². The van der Waals surface area contributed by atoms with E-state index < -0.39 is 5.97 Å². The van der Waals surface area contributed by atoms with E-state index >= 15 is 0 Å². The quantitative estimate of drug-likeness (QED) is 0.592. The minimum Gasteiger partial charge on any atom is -0.292 e. The van der Waals surface area contributed by atoms with Gasteiger partial charge in [0.1, 0.15) is 6.10 Å². The van der Waals surface area contributed by atoms with Crippen molar-refractivity contribution in [3.8, 4) is 0 Å². The molecule has 0 spiro atoms. The van der Waals surface area contributed by atoms with Gasteiger partial charge in [0, 0.05) is 0 Å². The summed E-state index contributed by atoms with van der Waals surface area (Å²) in [6.07, 6.45) is 4.93. The monoisotopic (exact) mass is 233 g/mol. The van der Waals surface area contributed by atoms with Gasteiger partial charge in [-0.25, -0.2) is 4.79 Å². The number of benzene rings is 1. The molecule has 0 heterocycles. The van der Waals surface area contributed by atoms with Crippen LogP contribution in [0.25, 0.3) is 0 Å². The summed E-state index contributed by atoms with van der Waals surface area (Å²) in [6.45, 7) is 3.91. The molecule has 91 valence electrons. The first kappa shape index (κ1) is 12.1. The molecular weight excluding hydrogens is 216 g/mol. The van der Waals surface area contributed by atoms with Crippen LogP contribution in [0.3, 0.4) is 0 Å². The number of rotatable bonds is 3. The predicted octanol–water partition coefficient (Wildman–Crippen LogP) is 3.50. The van der Waals surface area contributed by atoms with Crippen molar-refractivity contribution in [2.45, 2.75) is 39.5 Å². The Balaban J connectivity index is 1.94. The second-order valence-corrected chi connectivity index (χ2v) is 4.58. The maximum Gasteiger partial charge on any atom is 0.373 e. The van der Waals surface area contributed by atoms with Gasteiger partial charge in [0.2, 0.25) is 0 Å². The maximum absolute atomic E-state index is 11.7. The second-order valence-electron chi connectivity index (χ2n) is 4.58. The van der Waals surface area contributed by atoms with Crippen LogP contribution < -0.4 is 0 Å². The molecule has 1 aromatic carbocycles. The van der Waals surface area contributed by atoms with Crippen molar-refractivity contribution in [1.82, 2.24) is 0 Å². The van der Waals surface area contributed by atoms with E-state index in [2.05, 4.69) is 0 Å². The summed E-state index contributed by atoms with van der Waals surface area (Å²) in [6, 6.07) is 5.62. The third-order valence-corrected chi connectivity index (χ3v) is 2.85. The Morgan fingerprint density at radius 2 is 1.65 bits per heavy atom. The number of aryl methyl sites for hydroxylation is 2. The van der Waals surface area contributed by atoms with Crippen LogP contribution in [-0.4, -0.2) is 5.97 Å². The molecule has 1 aliphatic carbocycles. The molecule has 1 radical (unpaired) electrons. The average molecular weight is 233 g/mol. The van der Waals surface area contributed by atoms with Crippen molar-refractivity contribution in [3.05, 3.63) is 41.0 Å². The van der Waals surface area contributed by atoms with Gasteiger partial charge in [0.15, 0.2) is 0 Å². The molecule has 1 fully saturated rings. The van der Waals surface area contributed by atoms with Gasteiger partial charge in [-0.2, -0.15) is 4.89 Å². The van der Waals surface area contributed by atoms with Gasteiger partial charge in [0.25, 0.3) is 0 Å². The molecule has 0 N–H and O–H groups in total. The Morgan fingerprint density at radius 3 is 2.24 bits per heavy atom. The fraction of sp³-hybridized carbons (Fsp3) is 0.429. The zero-order valence-corrected chi connectivity index (χ0v) is 10.3. The van der Waals surface area contributed by atoms with Crippen LogP contribution in [-0.2, 0) is 9.78 Å². The van der Waals surface area contributed by atoms with E-state index in [0.717, 1.165) is 42.9 Å². The fourth-order valence-corrected chi connectivity index (χ4v) is 2.09. The highest BCUT2D eigenvalue weighted by Crippen LogP contribution is 2.28. The van der Waals surface area contributed by atoms with Crippen LogP contribution in [0.5, 0.6) is 0 Å². The smallest absolute Gasteiger partial charge is 0.292 e. The van der Waals surface area contributed by atoms with Gasteiger partial charge in [0.05, 0.1) is 5.56 Å². The van der Waals surface area contributed by atoms with Gasteiger partial charge < -0.3 is 0 Å². The first-order chi connectivity index (χ1) is 8.15. The molecule has 1 saturated carbocycles. The molecule has 1 aromatic rings. The summed E-state index contributed by atoms with van der Waals surface area (Å²) in [4.78, 5) is 21.7. The summed E-state index contributed by atoms with van der Waals surface area (Å²) in [5.41, 5.74) is 2.64. The predicted molar refractivity (Wildman–Crippen MR) is 64.1 cm³/mol. The van der Waals surface area contributed by atoms with E-state index in [1.54, 1.807) is 12.1 Å². The lowest BCUT2D eigenvalue weighted by Crippen LogP contribution is -2.09. The fourth-order valence-electron chi connectivity index (χ4n) is 2.09. The normalized spacial score (nSPS) is 16.1. The highest BCUT2D eigenvalue weighted by atomic mass is 17.2. The SMILES string of the molecule is Cc1cc(C)cc(C(=O)OO[C]2CCCC2)c1. The summed E-state index contributed by atoms with van der Waals surface area (Å²) in [5, 5.41) is 0. The molecule has 0 amide bonds. The molecular formula is C14H17O3. The lowest BCUT2D eigenvalue weighted by molar-refractivity contribution is -0.234. The molecule has 0 saturated heterocycles. The molecule has 17 heavy (non-hydrogen) atoms. The Morgan fingerprint density at radius 1 is 1.06 bits per heavy atom. The average Bonchev–Trinajstić information content (AvgIpc) is 2.77. The third kappa shape index (κ3) is 3.30. The number of hydrogen-bond donors (Lipinski definition) is 0. The summed E-state index contributed by atoms with van der Waals surface area (Å²) >= 11 is 0. The Bertz CT molecular complexity index is 386. The zero-order chi connectivity index (χ0) is 12.3. The van der Waals surface area contributed by atoms with Gasteiger partial charge in [-0.1, -0.05) is 30.0 Å². The Hall–Kier alpha value is -1.35. The largest absolute Gasteiger partial charge is 0.373 e. The molecule has 0 bridgehead atoms. The number of carbonyl (C=O) groups is 1. The molecule has 3 heteroatoms. The molecule has 0 atom stereocenters. The molecule has 2 rings (SSSR count). The summed E-state index contributed by atoms with van der Waals surface area (Å²) < 4.78 is 0. The standard InChI is InChI=1S/C14H17O3/c1-10-7-11(2)9-12(8-10)14(15)17-16-13-5-3-4-6-13/h7-9H,3-6H2,1-2H3. The molecule has 0 aromatic heterocycles. The second kappa shape index (κ2) is 5.32. The van der Waals surface area contributed by atoms with E-state index in [9.17, 15) is 4.79 Å². The van der Waals surface area contributed by atoms with Crippen LogP contribution in [0, 0.1) is 20.0 Å². The van der Waals surface area contributed by atoms with Gasteiger partial charge in [-0.15, -0.1) is 0 Å². The summed E-state index contributed by atoms with van der Waals surface area (Å²) in [5.74, 6) is -0.420. The lowest BCUT2D eigenvalue weighted by atomic mass is 10.1. The van der Waals surface area contributed by atoms with Crippen molar-refractivity contribution >= 4 is 5.97 Å². The Labute approximate surface area is 102 Å². The van der Waals surface area contributed by atoms with E-state index in [1.165, 1.54) is 0 Å². The van der Waals surface area contributed by atoms with Gasteiger partial charge >= 0.3 is 5.97 Å². The highest BCUT2D eigenvalue weighted by molar-refractivity contribution is 5.89. The summed E-state index contributed by atoms with van der Waals surface area (Å²) in [7, 11) is 0. The van der Waals surface area contributed by atoms with E-state index in [4.69, 9.17) is 9.78 Å². The van der Waals surface area contributed by atoms with Crippen LogP contribution in [0.15, 0.2) is 18.2 Å². The first-order valence-electron chi connectivity index (χ1n) is 5.97. The van der Waals surface area contributed by atoms with Crippen molar-refractivity contribution < 1.29 is 14.6 Å². The maximum atomic E-state index is 11.7. The topological polar surface area (TPSA) is 35.5 Å². The van der Waals surface area contributed by atoms with E-state index in [0.29, 0.717) is 5.56 Å². The van der Waals surface area contributed by atoms with Crippen molar-refractivity contribution in [1.29, 1.82) is 0 Å². The molecule has 0 unspecified atom stereocenters. The van der Waals surface area contributed by atoms with Crippen LogP contribution in [0.4, 0.5) is 0 Å². The van der Waals surface area contributed by atoms with Crippen molar-refractivity contribution in [3.63, 3.8) is 0 Å². The van der Waals surface area contributed by atoms with E-state index in [1.807, 2.05) is 19.9 Å². The van der Waals surface area contributed by atoms with Crippen LogP contribution >= 0.6 is 0 Å². The number of carbonyl (C=O) groups excluding carboxylic acids is 1. The van der Waals surface area contributed by atoms with Gasteiger partial charge in [-0.05, 0) is 38.8 Å². The minimum atomic E-state index is -0.420. The molecule has 0 aliphatic heterocycles. The minimum absolute atomic E-state index is 0.420. The Kier molecular flexibility index (Phi) is 3.79. The highest BCUT2D eigenvalue weighted by Gasteiger charge is 2.20. The molecule has 3 nitrogen and oxygen atoms in total. The first-order valence-corrected chi connectivity index (χ1v) is 5.97. The lowest BCUT2D eigenvalue weighted by Gasteiger charge is -2.08. The zero-order valence-electron chi connectivity index (χ0n) is 10.3.